The molecule has 0 aliphatic carbocycles. The molecule has 2 heterocycles. The number of carbonyl (C=O) groups excluding carboxylic acids is 3. The number of terminal acetylenes is 1. The molecule has 0 saturated carbocycles. The molecule has 1 saturated heterocycles. The Balaban J connectivity index is 2.01. The SMILES string of the molecule is C#CCN1C(=O)COc2cc(F)c(N3CC(=O)N(CCC)C3=O)cc21. The van der Waals surface area contributed by atoms with Crippen molar-refractivity contribution in [2.75, 3.05) is 36.0 Å². The van der Waals surface area contributed by atoms with Gasteiger partial charge in [-0.2, -0.15) is 0 Å². The summed E-state index contributed by atoms with van der Waals surface area (Å²) in [5.41, 5.74) is 0.191. The summed E-state index contributed by atoms with van der Waals surface area (Å²) < 4.78 is 19.7. The summed E-state index contributed by atoms with van der Waals surface area (Å²) in [5.74, 6) is 1.06. The first-order valence-corrected chi connectivity index (χ1v) is 7.80. The molecule has 4 amide bonds. The van der Waals surface area contributed by atoms with E-state index in [4.69, 9.17) is 11.2 Å². The smallest absolute Gasteiger partial charge is 0.331 e. The molecule has 0 bridgehead atoms. The first-order valence-electron chi connectivity index (χ1n) is 7.80. The van der Waals surface area contributed by atoms with Crippen molar-refractivity contribution in [2.45, 2.75) is 13.3 Å². The number of ether oxygens (including phenoxy) is 1. The van der Waals surface area contributed by atoms with Crippen LogP contribution in [-0.2, 0) is 9.59 Å². The van der Waals surface area contributed by atoms with Crippen molar-refractivity contribution in [3.05, 3.63) is 17.9 Å². The van der Waals surface area contributed by atoms with Crippen molar-refractivity contribution < 1.29 is 23.5 Å². The third-order valence-electron chi connectivity index (χ3n) is 4.02. The van der Waals surface area contributed by atoms with Gasteiger partial charge in [0.1, 0.15) is 12.3 Å². The minimum Gasteiger partial charge on any atom is -0.481 e. The number of benzene rings is 1. The van der Waals surface area contributed by atoms with Crippen LogP contribution in [0, 0.1) is 18.2 Å². The second-order valence-electron chi connectivity index (χ2n) is 5.66. The van der Waals surface area contributed by atoms with Gasteiger partial charge < -0.3 is 4.74 Å². The monoisotopic (exact) mass is 345 g/mol. The number of amides is 4. The Kier molecular flexibility index (Phi) is 4.31. The van der Waals surface area contributed by atoms with Crippen LogP contribution < -0.4 is 14.5 Å². The maximum Gasteiger partial charge on any atom is 0.331 e. The Morgan fingerprint density at radius 2 is 1.96 bits per heavy atom. The van der Waals surface area contributed by atoms with Gasteiger partial charge >= 0.3 is 6.03 Å². The number of carbonyl (C=O) groups is 3. The second kappa shape index (κ2) is 6.43. The summed E-state index contributed by atoms with van der Waals surface area (Å²) in [6, 6.07) is 1.83. The summed E-state index contributed by atoms with van der Waals surface area (Å²) >= 11 is 0. The second-order valence-corrected chi connectivity index (χ2v) is 5.66. The Hall–Kier alpha value is -3.08. The molecule has 0 aromatic heterocycles. The molecule has 1 fully saturated rings. The number of hydrogen-bond acceptors (Lipinski definition) is 4. The molecule has 7 nitrogen and oxygen atoms in total. The van der Waals surface area contributed by atoms with Crippen LogP contribution in [0.5, 0.6) is 5.75 Å². The maximum absolute atomic E-state index is 14.5. The van der Waals surface area contributed by atoms with Crippen molar-refractivity contribution in [2.24, 2.45) is 0 Å². The van der Waals surface area contributed by atoms with Crippen molar-refractivity contribution in [1.29, 1.82) is 0 Å². The van der Waals surface area contributed by atoms with Gasteiger partial charge in [-0.25, -0.2) is 9.18 Å². The fraction of sp³-hybridized carbons (Fsp3) is 0.353. The fourth-order valence-corrected chi connectivity index (χ4v) is 2.86. The summed E-state index contributed by atoms with van der Waals surface area (Å²) in [6.45, 7) is 1.61. The Labute approximate surface area is 143 Å². The quantitative estimate of drug-likeness (QED) is 0.610. The average molecular weight is 345 g/mol. The fourth-order valence-electron chi connectivity index (χ4n) is 2.86. The molecule has 0 radical (unpaired) electrons. The van der Waals surface area contributed by atoms with Crippen molar-refractivity contribution in [3.8, 4) is 18.1 Å². The summed E-state index contributed by atoms with van der Waals surface area (Å²) in [5, 5.41) is 0. The zero-order chi connectivity index (χ0) is 18.1. The van der Waals surface area contributed by atoms with Crippen LogP contribution >= 0.6 is 0 Å². The predicted octanol–water partition coefficient (Wildman–Crippen LogP) is 1.36. The standard InChI is InChI=1S/C17H16FN3O4/c1-3-5-19-13-8-12(11(18)7-14(13)25-10-16(19)23)21-9-15(22)20(6-4-2)17(21)24/h1,7-8H,4-6,9-10H2,2H3. The predicted molar refractivity (Wildman–Crippen MR) is 87.8 cm³/mol. The number of imide groups is 1. The molecule has 1 aromatic carbocycles. The Bertz CT molecular complexity index is 802. The van der Waals surface area contributed by atoms with Crippen molar-refractivity contribution in [1.82, 2.24) is 4.90 Å². The first kappa shape index (κ1) is 16.8. The van der Waals surface area contributed by atoms with Gasteiger partial charge in [-0.3, -0.25) is 24.3 Å². The molecular formula is C17H16FN3O4. The number of urea groups is 1. The molecule has 0 spiro atoms. The van der Waals surface area contributed by atoms with E-state index in [0.717, 1.165) is 15.9 Å². The molecule has 0 N–H and O–H groups in total. The van der Waals surface area contributed by atoms with Crippen LogP contribution in [0.3, 0.4) is 0 Å². The Morgan fingerprint density at radius 1 is 1.20 bits per heavy atom. The summed E-state index contributed by atoms with van der Waals surface area (Å²) in [6.07, 6.45) is 5.89. The number of rotatable bonds is 4. The van der Waals surface area contributed by atoms with Gasteiger partial charge in [0, 0.05) is 12.6 Å². The molecular weight excluding hydrogens is 329 g/mol. The van der Waals surface area contributed by atoms with E-state index in [-0.39, 0.29) is 49.3 Å². The molecule has 3 rings (SSSR count). The van der Waals surface area contributed by atoms with Crippen molar-refractivity contribution >= 4 is 29.2 Å². The normalized spacial score (nSPS) is 16.8. The van der Waals surface area contributed by atoms with E-state index in [1.54, 1.807) is 0 Å². The average Bonchev–Trinajstić information content (AvgIpc) is 2.86. The summed E-state index contributed by atoms with van der Waals surface area (Å²) in [4.78, 5) is 39.8. The molecule has 2 aliphatic heterocycles. The third kappa shape index (κ3) is 2.78. The minimum atomic E-state index is -0.715. The van der Waals surface area contributed by atoms with E-state index in [2.05, 4.69) is 5.92 Å². The van der Waals surface area contributed by atoms with Crippen molar-refractivity contribution in [3.63, 3.8) is 0 Å². The number of nitrogens with zero attached hydrogens (tertiary/aromatic N) is 3. The Morgan fingerprint density at radius 3 is 2.64 bits per heavy atom. The van der Waals surface area contributed by atoms with Gasteiger partial charge in [0.05, 0.1) is 17.9 Å². The minimum absolute atomic E-state index is 0.00486. The largest absolute Gasteiger partial charge is 0.481 e. The van der Waals surface area contributed by atoms with E-state index in [9.17, 15) is 18.8 Å². The molecule has 130 valence electrons. The van der Waals surface area contributed by atoms with E-state index in [0.29, 0.717) is 6.42 Å². The topological polar surface area (TPSA) is 70.2 Å². The molecule has 25 heavy (non-hydrogen) atoms. The summed E-state index contributed by atoms with van der Waals surface area (Å²) in [7, 11) is 0. The highest BCUT2D eigenvalue weighted by Crippen LogP contribution is 2.38. The van der Waals surface area contributed by atoms with E-state index in [1.165, 1.54) is 11.0 Å². The molecule has 1 aromatic rings. The molecule has 0 unspecified atom stereocenters. The van der Waals surface area contributed by atoms with Crippen LogP contribution in [0.15, 0.2) is 12.1 Å². The lowest BCUT2D eigenvalue weighted by molar-refractivity contribution is -0.125. The van der Waals surface area contributed by atoms with Gasteiger partial charge in [-0.15, -0.1) is 6.42 Å². The highest BCUT2D eigenvalue weighted by atomic mass is 19.1. The lowest BCUT2D eigenvalue weighted by atomic mass is 10.2. The number of fused-ring (bicyclic) bond motifs is 1. The van der Waals surface area contributed by atoms with Gasteiger partial charge in [-0.1, -0.05) is 12.8 Å². The van der Waals surface area contributed by atoms with Crippen LogP contribution in [-0.4, -0.2) is 49.0 Å². The van der Waals surface area contributed by atoms with Gasteiger partial charge in [0.2, 0.25) is 0 Å². The zero-order valence-electron chi connectivity index (χ0n) is 13.6. The van der Waals surface area contributed by atoms with E-state index >= 15 is 0 Å². The van der Waals surface area contributed by atoms with Crippen LogP contribution in [0.25, 0.3) is 0 Å². The van der Waals surface area contributed by atoms with Crippen LogP contribution in [0.1, 0.15) is 13.3 Å². The highest BCUT2D eigenvalue weighted by molar-refractivity contribution is 6.12. The lowest BCUT2D eigenvalue weighted by Crippen LogP contribution is -2.39. The lowest BCUT2D eigenvalue weighted by Gasteiger charge is -2.29. The highest BCUT2D eigenvalue weighted by Gasteiger charge is 2.38. The van der Waals surface area contributed by atoms with Crippen LogP contribution in [0.4, 0.5) is 20.6 Å². The van der Waals surface area contributed by atoms with E-state index in [1.807, 2.05) is 6.92 Å². The van der Waals surface area contributed by atoms with Crippen LogP contribution in [0.2, 0.25) is 0 Å². The first-order chi connectivity index (χ1) is 12.0. The van der Waals surface area contributed by atoms with Gasteiger partial charge in [0.25, 0.3) is 11.8 Å². The molecule has 8 heteroatoms. The third-order valence-corrected chi connectivity index (χ3v) is 4.02. The number of halogens is 1. The van der Waals surface area contributed by atoms with Gasteiger partial charge in [-0.05, 0) is 12.5 Å². The van der Waals surface area contributed by atoms with E-state index < -0.39 is 17.8 Å². The number of anilines is 2. The van der Waals surface area contributed by atoms with Gasteiger partial charge in [0.15, 0.2) is 12.4 Å². The molecule has 2 aliphatic rings. The number of hydrogen-bond donors (Lipinski definition) is 0. The zero-order valence-corrected chi connectivity index (χ0v) is 13.6. The molecule has 0 atom stereocenters. The maximum atomic E-state index is 14.5.